The van der Waals surface area contributed by atoms with E-state index >= 15 is 0 Å². The number of nitrogens with zero attached hydrogens (tertiary/aromatic N) is 5. The second-order valence-corrected chi connectivity index (χ2v) is 8.18. The number of carbonyl (C=O) groups is 1. The molecule has 0 spiro atoms. The molecule has 0 N–H and O–H groups in total. The highest BCUT2D eigenvalue weighted by atomic mass is 19.1. The molecular weight excluding hydrogens is 421 g/mol. The van der Waals surface area contributed by atoms with Gasteiger partial charge >= 0.3 is 0 Å². The third-order valence-corrected chi connectivity index (χ3v) is 6.21. The van der Waals surface area contributed by atoms with Gasteiger partial charge < -0.3 is 9.42 Å². The second kappa shape index (κ2) is 8.61. The Morgan fingerprint density at radius 3 is 2.67 bits per heavy atom. The zero-order chi connectivity index (χ0) is 22.9. The minimum Gasteiger partial charge on any atom is -0.337 e. The molecule has 33 heavy (non-hydrogen) atoms. The van der Waals surface area contributed by atoms with Gasteiger partial charge in [-0.1, -0.05) is 54.5 Å². The maximum atomic E-state index is 14.2. The summed E-state index contributed by atoms with van der Waals surface area (Å²) in [4.78, 5) is 19.7. The summed E-state index contributed by atoms with van der Waals surface area (Å²) in [5.74, 6) is -0.127. The highest BCUT2D eigenvalue weighted by molar-refractivity contribution is 5.84. The quantitative estimate of drug-likeness (QED) is 0.456. The van der Waals surface area contributed by atoms with Crippen LogP contribution >= 0.6 is 0 Å². The fourth-order valence-corrected chi connectivity index (χ4v) is 4.48. The van der Waals surface area contributed by atoms with Crippen LogP contribution in [0.15, 0.2) is 59.1 Å². The van der Waals surface area contributed by atoms with E-state index in [2.05, 4.69) is 15.2 Å². The Morgan fingerprint density at radius 1 is 1.15 bits per heavy atom. The van der Waals surface area contributed by atoms with Crippen molar-refractivity contribution in [2.45, 2.75) is 32.2 Å². The summed E-state index contributed by atoms with van der Waals surface area (Å²) in [6.45, 7) is 3.07. The molecule has 0 saturated heterocycles. The molecule has 1 atom stereocenters. The number of hydrogen-bond acceptors (Lipinski definition) is 5. The van der Waals surface area contributed by atoms with Crippen LogP contribution in [0.5, 0.6) is 0 Å². The molecule has 4 aromatic rings. The number of benzene rings is 2. The van der Waals surface area contributed by atoms with Crippen molar-refractivity contribution in [3.63, 3.8) is 0 Å². The number of amides is 1. The normalized spacial score (nSPS) is 14.2. The minimum atomic E-state index is -0.420. The molecule has 5 rings (SSSR count). The zero-order valence-corrected chi connectivity index (χ0v) is 18.5. The summed E-state index contributed by atoms with van der Waals surface area (Å²) in [7, 11) is 1.87. The maximum absolute atomic E-state index is 14.2. The predicted octanol–water partition coefficient (Wildman–Crippen LogP) is 4.35. The monoisotopic (exact) mass is 445 g/mol. The Morgan fingerprint density at radius 2 is 1.91 bits per heavy atom. The van der Waals surface area contributed by atoms with Crippen molar-refractivity contribution >= 4 is 5.91 Å². The molecule has 0 radical (unpaired) electrons. The van der Waals surface area contributed by atoms with E-state index in [9.17, 15) is 9.18 Å². The van der Waals surface area contributed by atoms with E-state index in [0.29, 0.717) is 25.2 Å². The van der Waals surface area contributed by atoms with Crippen LogP contribution in [0.1, 0.15) is 36.1 Å². The molecule has 7 nitrogen and oxygen atoms in total. The molecule has 0 saturated carbocycles. The van der Waals surface area contributed by atoms with Crippen LogP contribution < -0.4 is 0 Å². The van der Waals surface area contributed by atoms with Crippen LogP contribution in [0.25, 0.3) is 23.0 Å². The molecule has 8 heteroatoms. The molecule has 168 valence electrons. The number of rotatable bonds is 5. The summed E-state index contributed by atoms with van der Waals surface area (Å²) in [5.41, 5.74) is 3.75. The van der Waals surface area contributed by atoms with E-state index in [4.69, 9.17) is 4.52 Å². The SMILES string of the molecule is CCC(C(=O)N1CCc2c(c(-c3nc(-c4ccccc4F)no3)nn2C)C1)c1ccccc1. The van der Waals surface area contributed by atoms with Crippen molar-refractivity contribution in [1.29, 1.82) is 0 Å². The molecule has 1 unspecified atom stereocenters. The van der Waals surface area contributed by atoms with Gasteiger partial charge in [0.2, 0.25) is 11.7 Å². The molecule has 0 fully saturated rings. The Bertz CT molecular complexity index is 1300. The van der Waals surface area contributed by atoms with Crippen molar-refractivity contribution in [3.05, 3.63) is 77.2 Å². The van der Waals surface area contributed by atoms with Crippen LogP contribution in [0.4, 0.5) is 4.39 Å². The van der Waals surface area contributed by atoms with Crippen molar-refractivity contribution in [3.8, 4) is 23.0 Å². The van der Waals surface area contributed by atoms with Gasteiger partial charge in [0, 0.05) is 37.8 Å². The van der Waals surface area contributed by atoms with Crippen LogP contribution in [0.3, 0.4) is 0 Å². The highest BCUT2D eigenvalue weighted by Crippen LogP contribution is 2.32. The van der Waals surface area contributed by atoms with Crippen molar-refractivity contribution in [2.75, 3.05) is 6.54 Å². The molecule has 1 amide bonds. The molecule has 2 aromatic heterocycles. The summed E-state index contributed by atoms with van der Waals surface area (Å²) in [6.07, 6.45) is 1.41. The van der Waals surface area contributed by atoms with Gasteiger partial charge in [-0.2, -0.15) is 10.1 Å². The summed E-state index contributed by atoms with van der Waals surface area (Å²) in [5, 5.41) is 8.56. The topological polar surface area (TPSA) is 77.1 Å². The van der Waals surface area contributed by atoms with Gasteiger partial charge in [-0.25, -0.2) is 4.39 Å². The van der Waals surface area contributed by atoms with Crippen LogP contribution in [-0.2, 0) is 24.8 Å². The number of fused-ring (bicyclic) bond motifs is 1. The number of halogens is 1. The third kappa shape index (κ3) is 3.82. The van der Waals surface area contributed by atoms with E-state index in [-0.39, 0.29) is 29.1 Å². The van der Waals surface area contributed by atoms with Crippen LogP contribution in [0, 0.1) is 5.82 Å². The fraction of sp³-hybridized carbons (Fsp3) is 0.280. The van der Waals surface area contributed by atoms with Gasteiger partial charge in [0.05, 0.1) is 11.5 Å². The van der Waals surface area contributed by atoms with Crippen LogP contribution in [-0.4, -0.2) is 37.3 Å². The Labute approximate surface area is 190 Å². The predicted molar refractivity (Wildman–Crippen MR) is 120 cm³/mol. The van der Waals surface area contributed by atoms with Gasteiger partial charge in [0.25, 0.3) is 5.89 Å². The molecule has 0 bridgehead atoms. The van der Waals surface area contributed by atoms with E-state index < -0.39 is 5.82 Å². The Hall–Kier alpha value is -3.81. The standard InChI is InChI=1S/C25H24FN5O2/c1-3-17(16-9-5-4-6-10-16)25(32)31-14-13-21-19(15-31)22(28-30(21)2)24-27-23(29-33-24)18-11-7-8-12-20(18)26/h4-12,17H,3,13-15H2,1-2H3. The van der Waals surface area contributed by atoms with E-state index in [1.807, 2.05) is 49.2 Å². The summed E-state index contributed by atoms with van der Waals surface area (Å²) in [6, 6.07) is 16.2. The summed E-state index contributed by atoms with van der Waals surface area (Å²) < 4.78 is 21.4. The van der Waals surface area contributed by atoms with E-state index in [1.54, 1.807) is 22.9 Å². The fourth-order valence-electron chi connectivity index (χ4n) is 4.48. The van der Waals surface area contributed by atoms with Crippen molar-refractivity contribution in [2.24, 2.45) is 7.05 Å². The zero-order valence-electron chi connectivity index (χ0n) is 18.5. The first kappa shape index (κ1) is 21.1. The minimum absolute atomic E-state index is 0.0988. The van der Waals surface area contributed by atoms with Crippen molar-refractivity contribution in [1.82, 2.24) is 24.8 Å². The van der Waals surface area contributed by atoms with Gasteiger partial charge in [-0.05, 0) is 24.1 Å². The molecule has 0 aliphatic carbocycles. The smallest absolute Gasteiger partial charge is 0.279 e. The first-order chi connectivity index (χ1) is 16.1. The molecular formula is C25H24FN5O2. The summed E-state index contributed by atoms with van der Waals surface area (Å²) >= 11 is 0. The second-order valence-electron chi connectivity index (χ2n) is 8.18. The lowest BCUT2D eigenvalue weighted by Gasteiger charge is -2.30. The Balaban J connectivity index is 1.45. The first-order valence-electron chi connectivity index (χ1n) is 11.0. The van der Waals surface area contributed by atoms with Gasteiger partial charge in [0.15, 0.2) is 5.69 Å². The van der Waals surface area contributed by atoms with Crippen LogP contribution in [0.2, 0.25) is 0 Å². The number of hydrogen-bond donors (Lipinski definition) is 0. The average molecular weight is 445 g/mol. The average Bonchev–Trinajstić information content (AvgIpc) is 3.45. The first-order valence-corrected chi connectivity index (χ1v) is 11.0. The number of carbonyl (C=O) groups excluding carboxylic acids is 1. The van der Waals surface area contributed by atoms with E-state index in [1.165, 1.54) is 6.07 Å². The largest absolute Gasteiger partial charge is 0.337 e. The third-order valence-electron chi connectivity index (χ3n) is 6.21. The van der Waals surface area contributed by atoms with Gasteiger partial charge in [-0.3, -0.25) is 9.48 Å². The van der Waals surface area contributed by atoms with E-state index in [0.717, 1.165) is 23.2 Å². The van der Waals surface area contributed by atoms with Crippen molar-refractivity contribution < 1.29 is 13.7 Å². The van der Waals surface area contributed by atoms with Gasteiger partial charge in [0.1, 0.15) is 5.82 Å². The molecule has 1 aliphatic rings. The molecule has 1 aliphatic heterocycles. The lowest BCUT2D eigenvalue weighted by atomic mass is 9.93. The van der Waals surface area contributed by atoms with Gasteiger partial charge in [-0.15, -0.1) is 0 Å². The number of aryl methyl sites for hydroxylation is 1. The Kier molecular flexibility index (Phi) is 5.50. The molecule has 2 aromatic carbocycles. The highest BCUT2D eigenvalue weighted by Gasteiger charge is 2.32. The lowest BCUT2D eigenvalue weighted by Crippen LogP contribution is -2.39. The number of aromatic nitrogens is 4. The molecule has 3 heterocycles. The maximum Gasteiger partial charge on any atom is 0.279 e. The lowest BCUT2D eigenvalue weighted by molar-refractivity contribution is -0.133.